The first-order valence-corrected chi connectivity index (χ1v) is 9.01. The Hall–Kier alpha value is -0.540. The zero-order chi connectivity index (χ0) is 15.7. The lowest BCUT2D eigenvalue weighted by atomic mass is 10.0. The fourth-order valence-electron chi connectivity index (χ4n) is 2.27. The molecule has 0 aliphatic carbocycles. The molecule has 0 heterocycles. The van der Waals surface area contributed by atoms with Gasteiger partial charge in [-0.1, -0.05) is 59.1 Å². The molecule has 2 nitrogen and oxygen atoms in total. The van der Waals surface area contributed by atoms with E-state index in [1.165, 1.54) is 31.2 Å². The molecule has 1 N–H and O–H groups in total. The van der Waals surface area contributed by atoms with Crippen molar-refractivity contribution in [3.8, 4) is 5.75 Å². The Morgan fingerprint density at radius 1 is 1.24 bits per heavy atom. The van der Waals surface area contributed by atoms with Crippen LogP contribution in [0.5, 0.6) is 5.75 Å². The molecular weight excluding hydrogens is 326 g/mol. The minimum Gasteiger partial charge on any atom is -0.492 e. The Morgan fingerprint density at radius 2 is 2.00 bits per heavy atom. The lowest BCUT2D eigenvalue weighted by Crippen LogP contribution is -2.22. The van der Waals surface area contributed by atoms with E-state index >= 15 is 0 Å². The van der Waals surface area contributed by atoms with Crippen LogP contribution in [0.15, 0.2) is 22.7 Å². The third-order valence-corrected chi connectivity index (χ3v) is 4.38. The predicted molar refractivity (Wildman–Crippen MR) is 94.9 cm³/mol. The van der Waals surface area contributed by atoms with Crippen molar-refractivity contribution in [2.45, 2.75) is 66.0 Å². The third-order valence-electron chi connectivity index (χ3n) is 3.76. The first-order valence-electron chi connectivity index (χ1n) is 8.22. The van der Waals surface area contributed by atoms with Gasteiger partial charge < -0.3 is 10.1 Å². The largest absolute Gasteiger partial charge is 0.492 e. The fourth-order valence-corrected chi connectivity index (χ4v) is 2.79. The molecule has 0 amide bonds. The van der Waals surface area contributed by atoms with Crippen LogP contribution in [0, 0.1) is 5.92 Å². The summed E-state index contributed by atoms with van der Waals surface area (Å²) in [5.41, 5.74) is 1.23. The molecule has 0 radical (unpaired) electrons. The van der Waals surface area contributed by atoms with Gasteiger partial charge in [-0.15, -0.1) is 0 Å². The highest BCUT2D eigenvalue weighted by atomic mass is 79.9. The maximum atomic E-state index is 6.16. The molecule has 3 heteroatoms. The molecule has 0 fully saturated rings. The van der Waals surface area contributed by atoms with Crippen LogP contribution in [-0.2, 0) is 6.54 Å². The Morgan fingerprint density at radius 3 is 2.62 bits per heavy atom. The molecule has 1 atom stereocenters. The molecule has 0 spiro atoms. The van der Waals surface area contributed by atoms with E-state index in [-0.39, 0.29) is 0 Å². The second-order valence-corrected chi connectivity index (χ2v) is 6.85. The zero-order valence-electron chi connectivity index (χ0n) is 13.9. The SMILES string of the molecule is CCCCC(CC)COc1c(Br)cccc1CNC(C)C. The Balaban J connectivity index is 2.67. The van der Waals surface area contributed by atoms with E-state index in [9.17, 15) is 0 Å². The van der Waals surface area contributed by atoms with Gasteiger partial charge in [0.05, 0.1) is 11.1 Å². The molecule has 1 aromatic carbocycles. The first-order chi connectivity index (χ1) is 10.1. The normalized spacial score (nSPS) is 12.7. The van der Waals surface area contributed by atoms with Crippen LogP contribution in [0.25, 0.3) is 0 Å². The van der Waals surface area contributed by atoms with Gasteiger partial charge in [0, 0.05) is 18.2 Å². The van der Waals surface area contributed by atoms with Gasteiger partial charge in [0.1, 0.15) is 5.75 Å². The third kappa shape index (κ3) is 6.84. The van der Waals surface area contributed by atoms with Crippen LogP contribution in [0.4, 0.5) is 0 Å². The predicted octanol–water partition coefficient (Wildman–Crippen LogP) is 5.54. The van der Waals surface area contributed by atoms with Gasteiger partial charge in [0.25, 0.3) is 0 Å². The van der Waals surface area contributed by atoms with Crippen LogP contribution >= 0.6 is 15.9 Å². The van der Waals surface area contributed by atoms with E-state index in [4.69, 9.17) is 4.74 Å². The zero-order valence-corrected chi connectivity index (χ0v) is 15.5. The van der Waals surface area contributed by atoms with Crippen molar-refractivity contribution in [3.05, 3.63) is 28.2 Å². The minimum absolute atomic E-state index is 0.477. The van der Waals surface area contributed by atoms with E-state index in [0.29, 0.717) is 12.0 Å². The standard InChI is InChI=1S/C18H30BrNO/c1-5-7-9-15(6-2)13-21-18-16(12-20-14(3)4)10-8-11-17(18)19/h8,10-11,14-15,20H,5-7,9,12-13H2,1-4H3. The highest BCUT2D eigenvalue weighted by Crippen LogP contribution is 2.30. The van der Waals surface area contributed by atoms with Crippen molar-refractivity contribution in [1.29, 1.82) is 0 Å². The average molecular weight is 356 g/mol. The van der Waals surface area contributed by atoms with E-state index in [1.54, 1.807) is 0 Å². The van der Waals surface area contributed by atoms with E-state index < -0.39 is 0 Å². The lowest BCUT2D eigenvalue weighted by Gasteiger charge is -2.19. The highest BCUT2D eigenvalue weighted by molar-refractivity contribution is 9.10. The van der Waals surface area contributed by atoms with Crippen molar-refractivity contribution in [1.82, 2.24) is 5.32 Å². The summed E-state index contributed by atoms with van der Waals surface area (Å²) >= 11 is 3.63. The van der Waals surface area contributed by atoms with Gasteiger partial charge in [-0.05, 0) is 34.3 Å². The van der Waals surface area contributed by atoms with Crippen LogP contribution in [-0.4, -0.2) is 12.6 Å². The smallest absolute Gasteiger partial charge is 0.137 e. The molecule has 0 aromatic heterocycles. The van der Waals surface area contributed by atoms with Crippen LogP contribution < -0.4 is 10.1 Å². The number of rotatable bonds is 10. The molecule has 120 valence electrons. The summed E-state index contributed by atoms with van der Waals surface area (Å²) in [5.74, 6) is 1.66. The molecular formula is C18H30BrNO. The minimum atomic E-state index is 0.477. The van der Waals surface area contributed by atoms with Crippen LogP contribution in [0.1, 0.15) is 58.9 Å². The van der Waals surface area contributed by atoms with Gasteiger partial charge in [-0.3, -0.25) is 0 Å². The topological polar surface area (TPSA) is 21.3 Å². The maximum Gasteiger partial charge on any atom is 0.137 e. The number of benzene rings is 1. The Bertz CT molecular complexity index is 406. The summed E-state index contributed by atoms with van der Waals surface area (Å²) in [6.07, 6.45) is 5.00. The number of unbranched alkanes of at least 4 members (excludes halogenated alkanes) is 1. The number of ether oxygens (including phenoxy) is 1. The first kappa shape index (κ1) is 18.5. The summed E-state index contributed by atoms with van der Waals surface area (Å²) in [7, 11) is 0. The van der Waals surface area contributed by atoms with Crippen LogP contribution in [0.3, 0.4) is 0 Å². The summed E-state index contributed by atoms with van der Waals surface area (Å²) in [4.78, 5) is 0. The average Bonchev–Trinajstić information content (AvgIpc) is 2.46. The monoisotopic (exact) mass is 355 g/mol. The molecule has 0 bridgehead atoms. The second-order valence-electron chi connectivity index (χ2n) is 5.99. The molecule has 1 rings (SSSR count). The van der Waals surface area contributed by atoms with E-state index in [0.717, 1.165) is 23.4 Å². The molecule has 0 aliphatic rings. The van der Waals surface area contributed by atoms with Crippen LogP contribution in [0.2, 0.25) is 0 Å². The number of hydrogen-bond donors (Lipinski definition) is 1. The van der Waals surface area contributed by atoms with Gasteiger partial charge >= 0.3 is 0 Å². The summed E-state index contributed by atoms with van der Waals surface area (Å²) in [6.45, 7) is 10.5. The summed E-state index contributed by atoms with van der Waals surface area (Å²) < 4.78 is 7.22. The van der Waals surface area contributed by atoms with E-state index in [2.05, 4.69) is 67.1 Å². The van der Waals surface area contributed by atoms with Crippen molar-refractivity contribution in [2.24, 2.45) is 5.92 Å². The molecule has 1 unspecified atom stereocenters. The van der Waals surface area contributed by atoms with Crippen molar-refractivity contribution in [3.63, 3.8) is 0 Å². The molecule has 0 aliphatic heterocycles. The molecule has 0 saturated carbocycles. The van der Waals surface area contributed by atoms with Gasteiger partial charge in [-0.2, -0.15) is 0 Å². The number of nitrogens with one attached hydrogen (secondary N) is 1. The lowest BCUT2D eigenvalue weighted by molar-refractivity contribution is 0.230. The molecule has 1 aromatic rings. The van der Waals surface area contributed by atoms with Gasteiger partial charge in [-0.25, -0.2) is 0 Å². The van der Waals surface area contributed by atoms with E-state index in [1.807, 2.05) is 0 Å². The Kier molecular flexibility index (Phi) is 9.02. The summed E-state index contributed by atoms with van der Waals surface area (Å²) in [6, 6.07) is 6.75. The fraction of sp³-hybridized carbons (Fsp3) is 0.667. The molecule has 21 heavy (non-hydrogen) atoms. The number of para-hydroxylation sites is 1. The van der Waals surface area contributed by atoms with Crippen molar-refractivity contribution in [2.75, 3.05) is 6.61 Å². The maximum absolute atomic E-state index is 6.16. The number of halogens is 1. The highest BCUT2D eigenvalue weighted by Gasteiger charge is 2.12. The number of hydrogen-bond acceptors (Lipinski definition) is 2. The quantitative estimate of drug-likeness (QED) is 0.594. The van der Waals surface area contributed by atoms with Gasteiger partial charge in [0.15, 0.2) is 0 Å². The Labute approximate surface area is 138 Å². The van der Waals surface area contributed by atoms with Crippen molar-refractivity contribution < 1.29 is 4.74 Å². The summed E-state index contributed by atoms with van der Waals surface area (Å²) in [5, 5.41) is 3.46. The van der Waals surface area contributed by atoms with Crippen molar-refractivity contribution >= 4 is 15.9 Å². The molecule has 0 saturated heterocycles. The van der Waals surface area contributed by atoms with Gasteiger partial charge in [0.2, 0.25) is 0 Å². The second kappa shape index (κ2) is 10.2.